The van der Waals surface area contributed by atoms with Gasteiger partial charge in [-0.25, -0.2) is 0 Å². The lowest BCUT2D eigenvalue weighted by molar-refractivity contribution is -0.225. The van der Waals surface area contributed by atoms with Gasteiger partial charge in [0.2, 0.25) is 0 Å². The third kappa shape index (κ3) is 4.80. The number of phenols is 1. The molecular formula is C21H30O6. The van der Waals surface area contributed by atoms with Crippen LogP contribution >= 0.6 is 0 Å². The molecule has 1 aliphatic rings. The number of benzene rings is 1. The second kappa shape index (κ2) is 8.74. The number of aromatic hydroxyl groups is 1. The van der Waals surface area contributed by atoms with Crippen molar-refractivity contribution in [2.75, 3.05) is 0 Å². The normalized spacial score (nSPS) is 28.0. The highest BCUT2D eigenvalue weighted by molar-refractivity contribution is 5.67. The van der Waals surface area contributed by atoms with Crippen LogP contribution in [0.3, 0.4) is 0 Å². The molecule has 5 atom stereocenters. The van der Waals surface area contributed by atoms with Gasteiger partial charge >= 0.3 is 11.9 Å². The minimum Gasteiger partial charge on any atom is -0.508 e. The number of ether oxygens (including phenoxy) is 3. The highest BCUT2D eigenvalue weighted by atomic mass is 16.6. The average Bonchev–Trinajstić information content (AvgIpc) is 2.58. The maximum absolute atomic E-state index is 11.7. The standard InChI is InChI=1S/C21H30O6/c1-7-18-12(4)19(25-13(5)22)21(26-14(6)23)20(27-18)16-9-8-15(11(2)3)10-17(16)24/h8-12,18-21,24H,7H2,1-6H3/t12-,18-,19+,20+,21-/m1/s1. The largest absolute Gasteiger partial charge is 0.508 e. The second-order valence-electron chi connectivity index (χ2n) is 7.48. The zero-order valence-electron chi connectivity index (χ0n) is 16.9. The van der Waals surface area contributed by atoms with E-state index in [2.05, 4.69) is 0 Å². The first kappa shape index (κ1) is 21.2. The summed E-state index contributed by atoms with van der Waals surface area (Å²) in [4.78, 5) is 23.4. The molecule has 1 aliphatic heterocycles. The van der Waals surface area contributed by atoms with Gasteiger partial charge in [-0.05, 0) is 24.0 Å². The van der Waals surface area contributed by atoms with Crippen molar-refractivity contribution in [1.29, 1.82) is 0 Å². The first-order valence-electron chi connectivity index (χ1n) is 9.48. The Morgan fingerprint density at radius 3 is 2.22 bits per heavy atom. The Balaban J connectivity index is 2.49. The van der Waals surface area contributed by atoms with Crippen LogP contribution in [-0.4, -0.2) is 35.4 Å². The van der Waals surface area contributed by atoms with Crippen LogP contribution in [0.5, 0.6) is 5.75 Å². The summed E-state index contributed by atoms with van der Waals surface area (Å²) in [6, 6.07) is 5.42. The molecule has 1 heterocycles. The molecule has 6 heteroatoms. The fraction of sp³-hybridized carbons (Fsp3) is 0.619. The van der Waals surface area contributed by atoms with Gasteiger partial charge in [-0.3, -0.25) is 9.59 Å². The van der Waals surface area contributed by atoms with Gasteiger partial charge in [0.1, 0.15) is 18.0 Å². The van der Waals surface area contributed by atoms with Crippen molar-refractivity contribution in [2.24, 2.45) is 5.92 Å². The molecule has 2 rings (SSSR count). The summed E-state index contributed by atoms with van der Waals surface area (Å²) in [7, 11) is 0. The molecule has 1 fully saturated rings. The molecule has 0 radical (unpaired) electrons. The Kier molecular flexibility index (Phi) is 6.87. The molecule has 0 aliphatic carbocycles. The summed E-state index contributed by atoms with van der Waals surface area (Å²) in [5.41, 5.74) is 1.51. The molecule has 6 nitrogen and oxygen atoms in total. The van der Waals surface area contributed by atoms with Gasteiger partial charge in [-0.1, -0.05) is 39.8 Å². The lowest BCUT2D eigenvalue weighted by Crippen LogP contribution is -2.52. The van der Waals surface area contributed by atoms with Crippen molar-refractivity contribution in [3.63, 3.8) is 0 Å². The van der Waals surface area contributed by atoms with Crippen molar-refractivity contribution < 1.29 is 28.9 Å². The maximum Gasteiger partial charge on any atom is 0.303 e. The summed E-state index contributed by atoms with van der Waals surface area (Å²) in [6.45, 7) is 10.6. The Labute approximate surface area is 160 Å². The summed E-state index contributed by atoms with van der Waals surface area (Å²) in [6.07, 6.45) is -1.71. The van der Waals surface area contributed by atoms with Gasteiger partial charge in [0.15, 0.2) is 6.10 Å². The van der Waals surface area contributed by atoms with E-state index in [0.29, 0.717) is 12.0 Å². The molecule has 150 valence electrons. The molecule has 0 amide bonds. The quantitative estimate of drug-likeness (QED) is 0.784. The lowest BCUT2D eigenvalue weighted by atomic mass is 9.83. The number of carbonyl (C=O) groups is 2. The van der Waals surface area contributed by atoms with Gasteiger partial charge in [-0.15, -0.1) is 0 Å². The molecule has 0 unspecified atom stereocenters. The fourth-order valence-electron chi connectivity index (χ4n) is 3.64. The van der Waals surface area contributed by atoms with Gasteiger partial charge in [0.25, 0.3) is 0 Å². The molecule has 0 aromatic heterocycles. The molecule has 0 spiro atoms. The Morgan fingerprint density at radius 1 is 1.15 bits per heavy atom. The third-order valence-corrected chi connectivity index (χ3v) is 5.08. The minimum atomic E-state index is -0.833. The fourth-order valence-corrected chi connectivity index (χ4v) is 3.64. The molecule has 0 bridgehead atoms. The van der Waals surface area contributed by atoms with Crippen LogP contribution in [0.2, 0.25) is 0 Å². The molecule has 0 saturated carbocycles. The Hall–Kier alpha value is -2.08. The molecule has 1 aromatic carbocycles. The average molecular weight is 378 g/mol. The summed E-state index contributed by atoms with van der Waals surface area (Å²) >= 11 is 0. The minimum absolute atomic E-state index is 0.0781. The van der Waals surface area contributed by atoms with E-state index in [1.807, 2.05) is 33.8 Å². The number of carbonyl (C=O) groups excluding carboxylic acids is 2. The van der Waals surface area contributed by atoms with E-state index >= 15 is 0 Å². The van der Waals surface area contributed by atoms with E-state index in [0.717, 1.165) is 5.56 Å². The first-order valence-corrected chi connectivity index (χ1v) is 9.48. The maximum atomic E-state index is 11.7. The van der Waals surface area contributed by atoms with Crippen molar-refractivity contribution in [3.05, 3.63) is 29.3 Å². The molecular weight excluding hydrogens is 348 g/mol. The molecule has 1 aromatic rings. The number of hydrogen-bond donors (Lipinski definition) is 1. The van der Waals surface area contributed by atoms with E-state index in [1.54, 1.807) is 12.1 Å². The summed E-state index contributed by atoms with van der Waals surface area (Å²) in [5.74, 6) is -0.755. The number of hydrogen-bond acceptors (Lipinski definition) is 6. The SMILES string of the molecule is CC[C@H]1O[C@@H](c2ccc(C(C)C)cc2O)[C@H](OC(C)=O)[C@@H](OC(C)=O)[C@@H]1C. The Bertz CT molecular complexity index is 683. The summed E-state index contributed by atoms with van der Waals surface area (Å²) < 4.78 is 17.3. The van der Waals surface area contributed by atoms with Crippen molar-refractivity contribution in [2.45, 2.75) is 78.3 Å². The number of esters is 2. The predicted molar refractivity (Wildman–Crippen MR) is 100 cm³/mol. The van der Waals surface area contributed by atoms with Gasteiger partial charge in [-0.2, -0.15) is 0 Å². The van der Waals surface area contributed by atoms with E-state index in [4.69, 9.17) is 14.2 Å². The van der Waals surface area contributed by atoms with Crippen LogP contribution in [0.1, 0.15) is 71.1 Å². The highest BCUT2D eigenvalue weighted by Gasteiger charge is 2.48. The smallest absolute Gasteiger partial charge is 0.303 e. The van der Waals surface area contributed by atoms with Crippen LogP contribution in [0.25, 0.3) is 0 Å². The second-order valence-corrected chi connectivity index (χ2v) is 7.48. The monoisotopic (exact) mass is 378 g/mol. The van der Waals surface area contributed by atoms with Crippen molar-refractivity contribution in [1.82, 2.24) is 0 Å². The van der Waals surface area contributed by atoms with E-state index in [1.165, 1.54) is 13.8 Å². The molecule has 1 saturated heterocycles. The zero-order chi connectivity index (χ0) is 20.3. The van der Waals surface area contributed by atoms with Crippen LogP contribution in [-0.2, 0) is 23.8 Å². The van der Waals surface area contributed by atoms with Crippen molar-refractivity contribution in [3.8, 4) is 5.75 Å². The van der Waals surface area contributed by atoms with E-state index in [-0.39, 0.29) is 23.7 Å². The summed E-state index contributed by atoms with van der Waals surface area (Å²) in [5, 5.41) is 10.6. The highest BCUT2D eigenvalue weighted by Crippen LogP contribution is 2.42. The Morgan fingerprint density at radius 2 is 1.74 bits per heavy atom. The predicted octanol–water partition coefficient (Wildman–Crippen LogP) is 3.87. The first-order chi connectivity index (χ1) is 12.6. The number of rotatable bonds is 5. The van der Waals surface area contributed by atoms with Gasteiger partial charge < -0.3 is 19.3 Å². The van der Waals surface area contributed by atoms with Crippen LogP contribution in [0.4, 0.5) is 0 Å². The number of phenolic OH excluding ortho intramolecular Hbond substituents is 1. The van der Waals surface area contributed by atoms with Crippen molar-refractivity contribution >= 4 is 11.9 Å². The van der Waals surface area contributed by atoms with Gasteiger partial charge in [0.05, 0.1) is 6.10 Å². The van der Waals surface area contributed by atoms with E-state index in [9.17, 15) is 14.7 Å². The lowest BCUT2D eigenvalue weighted by Gasteiger charge is -2.44. The molecule has 1 N–H and O–H groups in total. The zero-order valence-corrected chi connectivity index (χ0v) is 16.9. The van der Waals surface area contributed by atoms with Crippen LogP contribution in [0.15, 0.2) is 18.2 Å². The molecule has 27 heavy (non-hydrogen) atoms. The van der Waals surface area contributed by atoms with Gasteiger partial charge in [0, 0.05) is 25.3 Å². The van der Waals surface area contributed by atoms with E-state index < -0.39 is 30.3 Å². The van der Waals surface area contributed by atoms with Crippen LogP contribution in [0, 0.1) is 5.92 Å². The third-order valence-electron chi connectivity index (χ3n) is 5.08. The topological polar surface area (TPSA) is 82.1 Å². The van der Waals surface area contributed by atoms with Crippen LogP contribution < -0.4 is 0 Å².